The van der Waals surface area contributed by atoms with Gasteiger partial charge >= 0.3 is 0 Å². The van der Waals surface area contributed by atoms with Gasteiger partial charge in [-0.2, -0.15) is 0 Å². The SMILES string of the molecule is CC1(CN=C(N)NCCCN2CCOCC2)CCCc2ccccc21. The van der Waals surface area contributed by atoms with Crippen molar-refractivity contribution in [2.45, 2.75) is 38.0 Å². The maximum Gasteiger partial charge on any atom is 0.188 e. The molecule has 0 amide bonds. The predicted octanol–water partition coefficient (Wildman–Crippen LogP) is 1.91. The number of morpholine rings is 1. The van der Waals surface area contributed by atoms with Crippen LogP contribution in [0.15, 0.2) is 29.3 Å². The van der Waals surface area contributed by atoms with Crippen LogP contribution in [-0.4, -0.2) is 56.8 Å². The molecule has 25 heavy (non-hydrogen) atoms. The molecule has 0 bridgehead atoms. The van der Waals surface area contributed by atoms with Gasteiger partial charge in [0.15, 0.2) is 5.96 Å². The second-order valence-corrected chi connectivity index (χ2v) is 7.51. The maximum absolute atomic E-state index is 6.09. The number of fused-ring (bicyclic) bond motifs is 1. The van der Waals surface area contributed by atoms with Gasteiger partial charge in [-0.05, 0) is 43.4 Å². The number of nitrogens with one attached hydrogen (secondary N) is 1. The Hall–Kier alpha value is -1.59. The Balaban J connectivity index is 1.45. The maximum atomic E-state index is 6.09. The first kappa shape index (κ1) is 18.2. The average Bonchev–Trinajstić information content (AvgIpc) is 2.65. The van der Waals surface area contributed by atoms with Crippen LogP contribution in [0.5, 0.6) is 0 Å². The van der Waals surface area contributed by atoms with Crippen LogP contribution in [0.3, 0.4) is 0 Å². The number of ether oxygens (including phenoxy) is 1. The third-order valence-electron chi connectivity index (χ3n) is 5.50. The second-order valence-electron chi connectivity index (χ2n) is 7.51. The molecule has 1 saturated heterocycles. The van der Waals surface area contributed by atoms with Gasteiger partial charge in [-0.15, -0.1) is 0 Å². The van der Waals surface area contributed by atoms with Crippen molar-refractivity contribution in [2.24, 2.45) is 10.7 Å². The Kier molecular flexibility index (Phi) is 6.32. The molecule has 1 aliphatic heterocycles. The average molecular weight is 345 g/mol. The van der Waals surface area contributed by atoms with Crippen LogP contribution >= 0.6 is 0 Å². The summed E-state index contributed by atoms with van der Waals surface area (Å²) >= 11 is 0. The van der Waals surface area contributed by atoms with Gasteiger partial charge in [-0.3, -0.25) is 9.89 Å². The summed E-state index contributed by atoms with van der Waals surface area (Å²) in [5, 5.41) is 3.27. The molecule has 138 valence electrons. The molecule has 1 heterocycles. The van der Waals surface area contributed by atoms with Gasteiger partial charge in [-0.1, -0.05) is 31.2 Å². The van der Waals surface area contributed by atoms with Gasteiger partial charge in [0, 0.05) is 25.0 Å². The van der Waals surface area contributed by atoms with Gasteiger partial charge in [0.1, 0.15) is 0 Å². The third kappa shape index (κ3) is 4.95. The topological polar surface area (TPSA) is 62.9 Å². The number of hydrogen-bond donors (Lipinski definition) is 2. The van der Waals surface area contributed by atoms with E-state index in [0.717, 1.165) is 52.4 Å². The lowest BCUT2D eigenvalue weighted by Gasteiger charge is -2.34. The quantitative estimate of drug-likeness (QED) is 0.470. The Morgan fingerprint density at radius 2 is 2.12 bits per heavy atom. The van der Waals surface area contributed by atoms with Crippen LogP contribution < -0.4 is 11.1 Å². The Bertz CT molecular complexity index is 583. The number of nitrogens with zero attached hydrogens (tertiary/aromatic N) is 2. The molecule has 5 heteroatoms. The van der Waals surface area contributed by atoms with E-state index in [1.54, 1.807) is 0 Å². The summed E-state index contributed by atoms with van der Waals surface area (Å²) in [5.74, 6) is 0.575. The predicted molar refractivity (Wildman–Crippen MR) is 103 cm³/mol. The molecule has 3 N–H and O–H groups in total. The largest absolute Gasteiger partial charge is 0.379 e. The van der Waals surface area contributed by atoms with E-state index in [9.17, 15) is 0 Å². The van der Waals surface area contributed by atoms with Gasteiger partial charge in [0.25, 0.3) is 0 Å². The molecule has 2 aliphatic rings. The minimum Gasteiger partial charge on any atom is -0.379 e. The van der Waals surface area contributed by atoms with Crippen molar-refractivity contribution in [3.8, 4) is 0 Å². The van der Waals surface area contributed by atoms with E-state index in [1.165, 1.54) is 30.4 Å². The van der Waals surface area contributed by atoms with Crippen LogP contribution in [-0.2, 0) is 16.6 Å². The zero-order valence-corrected chi connectivity index (χ0v) is 15.5. The molecule has 1 atom stereocenters. The van der Waals surface area contributed by atoms with E-state index in [0.29, 0.717) is 5.96 Å². The summed E-state index contributed by atoms with van der Waals surface area (Å²) in [5.41, 5.74) is 9.12. The highest BCUT2D eigenvalue weighted by atomic mass is 16.5. The molecule has 3 rings (SSSR count). The number of rotatable bonds is 6. The lowest BCUT2D eigenvalue weighted by atomic mass is 9.71. The van der Waals surface area contributed by atoms with E-state index in [2.05, 4.69) is 46.4 Å². The van der Waals surface area contributed by atoms with Gasteiger partial charge in [0.2, 0.25) is 0 Å². The molecule has 0 spiro atoms. The molecule has 1 aromatic rings. The first-order chi connectivity index (χ1) is 12.2. The highest BCUT2D eigenvalue weighted by molar-refractivity contribution is 5.77. The van der Waals surface area contributed by atoms with Gasteiger partial charge in [-0.25, -0.2) is 0 Å². The number of nitrogens with two attached hydrogens (primary N) is 1. The normalized spacial score (nSPS) is 24.8. The Morgan fingerprint density at radius 1 is 1.32 bits per heavy atom. The summed E-state index contributed by atoms with van der Waals surface area (Å²) < 4.78 is 5.37. The highest BCUT2D eigenvalue weighted by Gasteiger charge is 2.31. The van der Waals surface area contributed by atoms with Crippen molar-refractivity contribution in [3.05, 3.63) is 35.4 Å². The summed E-state index contributed by atoms with van der Waals surface area (Å²) in [6.45, 7) is 8.85. The van der Waals surface area contributed by atoms with Crippen LogP contribution in [0, 0.1) is 0 Å². The van der Waals surface area contributed by atoms with Gasteiger partial charge < -0.3 is 15.8 Å². The molecule has 1 unspecified atom stereocenters. The Morgan fingerprint density at radius 3 is 2.96 bits per heavy atom. The fourth-order valence-corrected chi connectivity index (χ4v) is 3.95. The van der Waals surface area contributed by atoms with Crippen LogP contribution in [0.2, 0.25) is 0 Å². The smallest absolute Gasteiger partial charge is 0.188 e. The standard InChI is InChI=1S/C20H32N4O/c1-20(9-4-7-17-6-2-3-8-18(17)20)16-23-19(21)22-10-5-11-24-12-14-25-15-13-24/h2-3,6,8H,4-5,7,9-16H2,1H3,(H3,21,22,23). The zero-order valence-electron chi connectivity index (χ0n) is 15.5. The molecule has 0 saturated carbocycles. The highest BCUT2D eigenvalue weighted by Crippen LogP contribution is 2.37. The number of benzene rings is 1. The lowest BCUT2D eigenvalue weighted by molar-refractivity contribution is 0.0376. The van der Waals surface area contributed by atoms with Crippen molar-refractivity contribution < 1.29 is 4.74 Å². The van der Waals surface area contributed by atoms with E-state index < -0.39 is 0 Å². The molecule has 1 fully saturated rings. The number of aliphatic imine (C=N–C) groups is 1. The van der Waals surface area contributed by atoms with E-state index in [-0.39, 0.29) is 5.41 Å². The van der Waals surface area contributed by atoms with E-state index in [1.807, 2.05) is 0 Å². The minimum absolute atomic E-state index is 0.106. The summed E-state index contributed by atoms with van der Waals surface area (Å²) in [7, 11) is 0. The molecular formula is C20H32N4O. The van der Waals surface area contributed by atoms with Crippen LogP contribution in [0.4, 0.5) is 0 Å². The van der Waals surface area contributed by atoms with Gasteiger partial charge in [0.05, 0.1) is 19.8 Å². The molecular weight excluding hydrogens is 312 g/mol. The number of guanidine groups is 1. The zero-order chi connectivity index (χ0) is 17.5. The van der Waals surface area contributed by atoms with Crippen molar-refractivity contribution in [3.63, 3.8) is 0 Å². The summed E-state index contributed by atoms with van der Waals surface area (Å²) in [4.78, 5) is 7.10. The van der Waals surface area contributed by atoms with Crippen LogP contribution in [0.1, 0.15) is 37.3 Å². The van der Waals surface area contributed by atoms with Crippen LogP contribution in [0.25, 0.3) is 0 Å². The lowest BCUT2D eigenvalue weighted by Crippen LogP contribution is -2.39. The second kappa shape index (κ2) is 8.68. The summed E-state index contributed by atoms with van der Waals surface area (Å²) in [6, 6.07) is 8.79. The van der Waals surface area contributed by atoms with Crippen molar-refractivity contribution in [2.75, 3.05) is 45.9 Å². The molecule has 1 aromatic carbocycles. The molecule has 0 radical (unpaired) electrons. The minimum atomic E-state index is 0.106. The summed E-state index contributed by atoms with van der Waals surface area (Å²) in [6.07, 6.45) is 4.68. The van der Waals surface area contributed by atoms with E-state index >= 15 is 0 Å². The fourth-order valence-electron chi connectivity index (χ4n) is 3.95. The van der Waals surface area contributed by atoms with E-state index in [4.69, 9.17) is 10.5 Å². The fraction of sp³-hybridized carbons (Fsp3) is 0.650. The third-order valence-corrected chi connectivity index (χ3v) is 5.50. The molecule has 5 nitrogen and oxygen atoms in total. The first-order valence-corrected chi connectivity index (χ1v) is 9.60. The van der Waals surface area contributed by atoms with Crippen molar-refractivity contribution >= 4 is 5.96 Å². The number of hydrogen-bond acceptors (Lipinski definition) is 3. The van der Waals surface area contributed by atoms with Crippen molar-refractivity contribution in [1.82, 2.24) is 10.2 Å². The molecule has 1 aliphatic carbocycles. The molecule has 0 aromatic heterocycles. The Labute approximate surface area is 151 Å². The monoisotopic (exact) mass is 344 g/mol. The number of aryl methyl sites for hydroxylation is 1. The van der Waals surface area contributed by atoms with Crippen molar-refractivity contribution in [1.29, 1.82) is 0 Å². The first-order valence-electron chi connectivity index (χ1n) is 9.60.